The number of carbonyl (C=O) groups is 2. The minimum atomic E-state index is -3.46. The second kappa shape index (κ2) is 24.5. The molecular formula is C39H54N2O12S. The zero-order chi connectivity index (χ0) is 39.2. The first-order valence-electron chi connectivity index (χ1n) is 17.8. The van der Waals surface area contributed by atoms with E-state index >= 15 is 0 Å². The van der Waals surface area contributed by atoms with E-state index < -0.39 is 10.1 Å². The van der Waals surface area contributed by atoms with Gasteiger partial charge in [-0.3, -0.25) is 23.6 Å². The van der Waals surface area contributed by atoms with Crippen molar-refractivity contribution in [2.45, 2.75) is 20.4 Å². The fourth-order valence-electron chi connectivity index (χ4n) is 5.12. The number of phenols is 1. The number of imide groups is 1. The van der Waals surface area contributed by atoms with Crippen molar-refractivity contribution < 1.29 is 55.7 Å². The molecule has 2 amide bonds. The Balaban J connectivity index is 0.000000334. The number of nitrogens with zero attached hydrogens (tertiary/aromatic N) is 2. The highest BCUT2D eigenvalue weighted by Gasteiger charge is 2.34. The number of carbonyl (C=O) groups excluding carboxylic acids is 2. The van der Waals surface area contributed by atoms with Crippen molar-refractivity contribution in [3.63, 3.8) is 0 Å². The fourth-order valence-corrected chi connectivity index (χ4v) is 5.49. The number of aromatic hydroxyl groups is 1. The molecular weight excluding hydrogens is 720 g/mol. The molecule has 0 atom stereocenters. The van der Waals surface area contributed by atoms with Gasteiger partial charge in [-0.05, 0) is 54.8 Å². The largest absolute Gasteiger partial charge is 0.504 e. The molecule has 54 heavy (non-hydrogen) atoms. The van der Waals surface area contributed by atoms with E-state index in [1.54, 1.807) is 37.4 Å². The molecule has 1 aliphatic rings. The topological polar surface area (TPSA) is 160 Å². The Morgan fingerprint density at radius 1 is 0.667 bits per heavy atom. The van der Waals surface area contributed by atoms with Gasteiger partial charge in [0.25, 0.3) is 21.9 Å². The molecule has 0 saturated heterocycles. The number of phenolic OH excluding ortho intramolecular Hbond substituents is 1. The summed E-state index contributed by atoms with van der Waals surface area (Å²) < 4.78 is 58.2. The van der Waals surface area contributed by atoms with E-state index in [1.807, 2.05) is 50.2 Å². The van der Waals surface area contributed by atoms with Crippen molar-refractivity contribution >= 4 is 21.9 Å². The zero-order valence-corrected chi connectivity index (χ0v) is 32.5. The molecule has 14 nitrogen and oxygen atoms in total. The second-order valence-corrected chi connectivity index (χ2v) is 13.9. The summed E-state index contributed by atoms with van der Waals surface area (Å²) in [4.78, 5) is 28.7. The second-order valence-electron chi connectivity index (χ2n) is 12.3. The van der Waals surface area contributed by atoms with E-state index in [2.05, 4.69) is 9.08 Å². The number of methoxy groups -OCH3 is 1. The zero-order valence-electron chi connectivity index (χ0n) is 31.7. The highest BCUT2D eigenvalue weighted by atomic mass is 32.2. The van der Waals surface area contributed by atoms with Crippen LogP contribution in [0.25, 0.3) is 0 Å². The number of rotatable bonds is 25. The maximum atomic E-state index is 12.6. The number of amides is 2. The van der Waals surface area contributed by atoms with Crippen LogP contribution in [0.4, 0.5) is 0 Å². The van der Waals surface area contributed by atoms with E-state index in [0.29, 0.717) is 103 Å². The van der Waals surface area contributed by atoms with Gasteiger partial charge in [-0.2, -0.15) is 8.42 Å². The highest BCUT2D eigenvalue weighted by molar-refractivity contribution is 7.85. The van der Waals surface area contributed by atoms with E-state index in [-0.39, 0.29) is 30.8 Å². The van der Waals surface area contributed by atoms with Crippen molar-refractivity contribution in [3.05, 3.63) is 94.5 Å². The molecule has 0 spiro atoms. The average Bonchev–Trinajstić information content (AvgIpc) is 3.39. The van der Waals surface area contributed by atoms with Gasteiger partial charge < -0.3 is 33.5 Å². The normalized spacial score (nSPS) is 12.6. The van der Waals surface area contributed by atoms with Crippen LogP contribution in [-0.2, 0) is 44.5 Å². The lowest BCUT2D eigenvalue weighted by molar-refractivity contribution is 0.0178. The molecule has 15 heteroatoms. The Morgan fingerprint density at radius 3 is 1.78 bits per heavy atom. The lowest BCUT2D eigenvalue weighted by atomic mass is 10.1. The van der Waals surface area contributed by atoms with Crippen molar-refractivity contribution in [2.24, 2.45) is 0 Å². The van der Waals surface area contributed by atoms with Crippen LogP contribution in [0.3, 0.4) is 0 Å². The molecule has 1 heterocycles. The van der Waals surface area contributed by atoms with Crippen LogP contribution in [0, 0.1) is 13.8 Å². The first-order valence-corrected chi connectivity index (χ1v) is 19.6. The number of hydrogen-bond acceptors (Lipinski definition) is 13. The van der Waals surface area contributed by atoms with E-state index in [4.69, 9.17) is 28.4 Å². The summed E-state index contributed by atoms with van der Waals surface area (Å²) in [7, 11) is -1.82. The summed E-state index contributed by atoms with van der Waals surface area (Å²) in [5.41, 5.74) is 4.16. The first-order chi connectivity index (χ1) is 26.0. The Morgan fingerprint density at radius 2 is 1.19 bits per heavy atom. The lowest BCUT2D eigenvalue weighted by Crippen LogP contribution is -2.39. The molecule has 0 aromatic heterocycles. The van der Waals surface area contributed by atoms with Crippen molar-refractivity contribution in [1.82, 2.24) is 9.80 Å². The monoisotopic (exact) mass is 774 g/mol. The van der Waals surface area contributed by atoms with Crippen LogP contribution in [-0.4, -0.2) is 141 Å². The van der Waals surface area contributed by atoms with Gasteiger partial charge in [-0.25, -0.2) is 0 Å². The van der Waals surface area contributed by atoms with Crippen LogP contribution >= 0.6 is 0 Å². The lowest BCUT2D eigenvalue weighted by Gasteiger charge is -2.25. The Hall–Kier alpha value is -3.93. The van der Waals surface area contributed by atoms with Gasteiger partial charge in [0.15, 0.2) is 11.5 Å². The van der Waals surface area contributed by atoms with Gasteiger partial charge in [-0.1, -0.05) is 42.5 Å². The van der Waals surface area contributed by atoms with Crippen molar-refractivity contribution in [2.75, 3.05) is 106 Å². The third-order valence-corrected chi connectivity index (χ3v) is 8.68. The molecule has 0 aliphatic carbocycles. The molecule has 0 saturated carbocycles. The Kier molecular flexibility index (Phi) is 20.2. The van der Waals surface area contributed by atoms with E-state index in [9.17, 15) is 23.1 Å². The molecule has 0 bridgehead atoms. The third kappa shape index (κ3) is 16.6. The molecule has 0 unspecified atom stereocenters. The first kappa shape index (κ1) is 44.5. The Bertz CT molecular complexity index is 1640. The summed E-state index contributed by atoms with van der Waals surface area (Å²) in [6.45, 7) is 10.4. The van der Waals surface area contributed by atoms with Crippen LogP contribution in [0.2, 0.25) is 0 Å². The summed E-state index contributed by atoms with van der Waals surface area (Å²) >= 11 is 0. The SMILES string of the molecule is COCCOCCOCCOc1cc(C)c(C)cc1O.CS(=O)(=O)OCCOCCOCCN(CCN1C(=O)c2ccccc2C1=O)Cc1ccccc1. The standard InChI is InChI=1S/C24H30N2O7S.C15H24O5/c1-34(29,30)33-18-17-32-16-15-31-14-13-25(19-20-7-3-2-4-8-20)11-12-26-23(27)21-9-5-6-10-22(21)24(26)28;1-12-10-14(16)15(11-13(12)2)20-9-8-19-7-6-18-5-4-17-3/h2-10H,11-19H2,1H3;10-11,16H,4-9H2,1-3H3. The summed E-state index contributed by atoms with van der Waals surface area (Å²) in [6.07, 6.45) is 0.992. The smallest absolute Gasteiger partial charge is 0.264 e. The van der Waals surface area contributed by atoms with Gasteiger partial charge in [-0.15, -0.1) is 0 Å². The molecule has 3 aromatic rings. The van der Waals surface area contributed by atoms with Crippen LogP contribution in [0.1, 0.15) is 37.4 Å². The summed E-state index contributed by atoms with van der Waals surface area (Å²) in [5.74, 6) is 0.145. The molecule has 1 N–H and O–H groups in total. The van der Waals surface area contributed by atoms with Gasteiger partial charge in [0.05, 0.1) is 83.5 Å². The Labute approximate surface area is 318 Å². The summed E-state index contributed by atoms with van der Waals surface area (Å²) in [6, 6.07) is 20.4. The number of fused-ring (bicyclic) bond motifs is 1. The van der Waals surface area contributed by atoms with Gasteiger partial charge >= 0.3 is 0 Å². The molecule has 298 valence electrons. The van der Waals surface area contributed by atoms with Gasteiger partial charge in [0, 0.05) is 33.3 Å². The maximum Gasteiger partial charge on any atom is 0.264 e. The van der Waals surface area contributed by atoms with Crippen molar-refractivity contribution in [3.8, 4) is 11.5 Å². The quantitative estimate of drug-likeness (QED) is 0.0752. The predicted molar refractivity (Wildman–Crippen MR) is 203 cm³/mol. The highest BCUT2D eigenvalue weighted by Crippen LogP contribution is 2.29. The third-order valence-electron chi connectivity index (χ3n) is 8.08. The maximum absolute atomic E-state index is 12.6. The van der Waals surface area contributed by atoms with Gasteiger partial charge in [0.1, 0.15) is 6.61 Å². The molecule has 0 radical (unpaired) electrons. The summed E-state index contributed by atoms with van der Waals surface area (Å²) in [5, 5.41) is 9.74. The molecule has 0 fully saturated rings. The van der Waals surface area contributed by atoms with Gasteiger partial charge in [0.2, 0.25) is 0 Å². The van der Waals surface area contributed by atoms with E-state index in [0.717, 1.165) is 22.9 Å². The van der Waals surface area contributed by atoms with Crippen LogP contribution < -0.4 is 4.74 Å². The van der Waals surface area contributed by atoms with Crippen LogP contribution in [0.5, 0.6) is 11.5 Å². The number of ether oxygens (including phenoxy) is 6. The number of aryl methyl sites for hydroxylation is 2. The minimum Gasteiger partial charge on any atom is -0.504 e. The van der Waals surface area contributed by atoms with E-state index in [1.165, 1.54) is 4.90 Å². The molecule has 3 aromatic carbocycles. The number of hydrogen-bond donors (Lipinski definition) is 1. The fraction of sp³-hybridized carbons (Fsp3) is 0.487. The number of benzene rings is 3. The molecule has 1 aliphatic heterocycles. The minimum absolute atomic E-state index is 0.0263. The van der Waals surface area contributed by atoms with Crippen molar-refractivity contribution in [1.29, 1.82) is 0 Å². The average molecular weight is 775 g/mol. The predicted octanol–water partition coefficient (Wildman–Crippen LogP) is 3.86. The van der Waals surface area contributed by atoms with Crippen LogP contribution in [0.15, 0.2) is 66.7 Å². The molecule has 4 rings (SSSR count).